The number of carbonyl (C=O) groups is 2. The summed E-state index contributed by atoms with van der Waals surface area (Å²) < 4.78 is 0. The number of hydrazine groups is 1. The van der Waals surface area contributed by atoms with E-state index in [1.807, 2.05) is 61.5 Å². The maximum atomic E-state index is 12.6. The molecule has 0 aromatic heterocycles. The fourth-order valence-electron chi connectivity index (χ4n) is 2.44. The van der Waals surface area contributed by atoms with Crippen molar-refractivity contribution in [2.45, 2.75) is 6.92 Å². The van der Waals surface area contributed by atoms with Gasteiger partial charge in [0.15, 0.2) is 0 Å². The Bertz CT molecular complexity index is 748. The van der Waals surface area contributed by atoms with Gasteiger partial charge in [-0.25, -0.2) is 0 Å². The number of para-hydroxylation sites is 1. The van der Waals surface area contributed by atoms with Gasteiger partial charge in [0.1, 0.15) is 0 Å². The molecule has 2 amide bonds. The minimum absolute atomic E-state index is 0.305. The lowest BCUT2D eigenvalue weighted by molar-refractivity contribution is -0.136. The molecule has 1 aliphatic heterocycles. The number of nitrogens with zero attached hydrogens (tertiary/aromatic N) is 2. The Labute approximate surface area is 129 Å². The van der Waals surface area contributed by atoms with Crippen molar-refractivity contribution in [3.05, 3.63) is 71.8 Å². The van der Waals surface area contributed by atoms with Crippen LogP contribution in [0.1, 0.15) is 11.1 Å². The van der Waals surface area contributed by atoms with Crippen molar-refractivity contribution in [1.82, 2.24) is 5.01 Å². The highest BCUT2D eigenvalue weighted by Crippen LogP contribution is 2.26. The Hall–Kier alpha value is -2.88. The van der Waals surface area contributed by atoms with E-state index in [0.717, 1.165) is 21.8 Å². The predicted octanol–water partition coefficient (Wildman–Crippen LogP) is 2.80. The van der Waals surface area contributed by atoms with E-state index in [1.54, 1.807) is 12.1 Å². The van der Waals surface area contributed by atoms with Crippen molar-refractivity contribution >= 4 is 23.1 Å². The number of amides is 2. The molecule has 0 unspecified atom stereocenters. The molecule has 2 aromatic rings. The number of hydrogen-bond donors (Lipinski definition) is 0. The van der Waals surface area contributed by atoms with Crippen molar-refractivity contribution in [2.75, 3.05) is 12.1 Å². The second kappa shape index (κ2) is 5.48. The molecule has 0 saturated carbocycles. The van der Waals surface area contributed by atoms with E-state index < -0.39 is 0 Å². The second-order valence-electron chi connectivity index (χ2n) is 5.24. The zero-order valence-corrected chi connectivity index (χ0v) is 12.5. The topological polar surface area (TPSA) is 40.6 Å². The van der Waals surface area contributed by atoms with Gasteiger partial charge >= 0.3 is 0 Å². The molecule has 0 atom stereocenters. The molecule has 0 fully saturated rings. The lowest BCUT2D eigenvalue weighted by Crippen LogP contribution is -2.44. The molecule has 0 N–H and O–H groups in total. The van der Waals surface area contributed by atoms with Gasteiger partial charge in [-0.1, -0.05) is 48.0 Å². The molecular formula is C18H16N2O2. The van der Waals surface area contributed by atoms with Gasteiger partial charge in [0.25, 0.3) is 11.8 Å². The highest BCUT2D eigenvalue weighted by atomic mass is 16.2. The molecule has 1 heterocycles. The minimum atomic E-state index is -0.327. The molecule has 0 bridgehead atoms. The summed E-state index contributed by atoms with van der Waals surface area (Å²) in [6, 6.07) is 16.9. The third kappa shape index (κ3) is 2.39. The van der Waals surface area contributed by atoms with Crippen LogP contribution in [0.2, 0.25) is 0 Å². The fourth-order valence-corrected chi connectivity index (χ4v) is 2.44. The van der Waals surface area contributed by atoms with E-state index in [2.05, 4.69) is 0 Å². The molecule has 0 radical (unpaired) electrons. The van der Waals surface area contributed by atoms with Crippen molar-refractivity contribution in [3.8, 4) is 0 Å². The maximum Gasteiger partial charge on any atom is 0.280 e. The molecule has 0 saturated heterocycles. The van der Waals surface area contributed by atoms with E-state index >= 15 is 0 Å². The fraction of sp³-hybridized carbons (Fsp3) is 0.111. The molecule has 3 rings (SSSR count). The van der Waals surface area contributed by atoms with Crippen LogP contribution in [0.3, 0.4) is 0 Å². The first-order chi connectivity index (χ1) is 10.6. The average molecular weight is 292 g/mol. The largest absolute Gasteiger partial charge is 0.280 e. The lowest BCUT2D eigenvalue weighted by Gasteiger charge is -2.28. The average Bonchev–Trinajstić information content (AvgIpc) is 2.83. The van der Waals surface area contributed by atoms with Gasteiger partial charge in [-0.3, -0.25) is 14.6 Å². The number of imide groups is 1. The van der Waals surface area contributed by atoms with E-state index in [4.69, 9.17) is 0 Å². The molecule has 22 heavy (non-hydrogen) atoms. The normalized spacial score (nSPS) is 14.3. The third-order valence-electron chi connectivity index (χ3n) is 3.69. The maximum absolute atomic E-state index is 12.6. The smallest absolute Gasteiger partial charge is 0.278 e. The van der Waals surface area contributed by atoms with Crippen LogP contribution < -0.4 is 5.01 Å². The first-order valence-corrected chi connectivity index (χ1v) is 7.04. The summed E-state index contributed by atoms with van der Waals surface area (Å²) in [7, 11) is 1.71. The standard InChI is InChI=1S/C18H16N2O2/c1-13-8-10-14(11-9-13)16-12-17(21)20(18(16)22)19(2)15-6-4-3-5-7-15/h3-12H,1-2H3. The number of rotatable bonds is 3. The quantitative estimate of drug-likeness (QED) is 0.817. The van der Waals surface area contributed by atoms with Crippen LogP contribution in [-0.2, 0) is 9.59 Å². The van der Waals surface area contributed by atoms with Crippen LogP contribution in [0.15, 0.2) is 60.7 Å². The van der Waals surface area contributed by atoms with Crippen molar-refractivity contribution in [3.63, 3.8) is 0 Å². The van der Waals surface area contributed by atoms with Crippen LogP contribution in [-0.4, -0.2) is 23.9 Å². The Balaban J connectivity index is 1.90. The Morgan fingerprint density at radius 3 is 2.18 bits per heavy atom. The summed E-state index contributed by atoms with van der Waals surface area (Å²) in [5.74, 6) is -0.632. The van der Waals surface area contributed by atoms with E-state index in [0.29, 0.717) is 5.57 Å². The Morgan fingerprint density at radius 2 is 1.55 bits per heavy atom. The van der Waals surface area contributed by atoms with Crippen LogP contribution in [0.5, 0.6) is 0 Å². The molecule has 110 valence electrons. The molecule has 0 spiro atoms. The van der Waals surface area contributed by atoms with Gasteiger partial charge in [-0.05, 0) is 24.6 Å². The summed E-state index contributed by atoms with van der Waals surface area (Å²) in [5.41, 5.74) is 3.07. The minimum Gasteiger partial charge on any atom is -0.278 e. The second-order valence-corrected chi connectivity index (χ2v) is 5.24. The van der Waals surface area contributed by atoms with Crippen molar-refractivity contribution < 1.29 is 9.59 Å². The molecule has 1 aliphatic rings. The Kier molecular flexibility index (Phi) is 3.51. The molecule has 4 heteroatoms. The van der Waals surface area contributed by atoms with E-state index in [-0.39, 0.29) is 11.8 Å². The van der Waals surface area contributed by atoms with Gasteiger partial charge in [-0.2, -0.15) is 5.01 Å². The van der Waals surface area contributed by atoms with Gasteiger partial charge in [0, 0.05) is 13.1 Å². The summed E-state index contributed by atoms with van der Waals surface area (Å²) in [6.45, 7) is 1.98. The lowest BCUT2D eigenvalue weighted by atomic mass is 10.1. The van der Waals surface area contributed by atoms with Crippen molar-refractivity contribution in [1.29, 1.82) is 0 Å². The summed E-state index contributed by atoms with van der Waals surface area (Å²) in [4.78, 5) is 24.8. The number of anilines is 1. The SMILES string of the molecule is Cc1ccc(C2=CC(=O)N(N(C)c3ccccc3)C2=O)cc1. The Morgan fingerprint density at radius 1 is 0.909 bits per heavy atom. The van der Waals surface area contributed by atoms with E-state index in [1.165, 1.54) is 6.08 Å². The summed E-state index contributed by atoms with van der Waals surface area (Å²) in [6.07, 6.45) is 1.40. The van der Waals surface area contributed by atoms with E-state index in [9.17, 15) is 9.59 Å². The first kappa shape index (κ1) is 14.1. The predicted molar refractivity (Wildman–Crippen MR) is 85.9 cm³/mol. The zero-order chi connectivity index (χ0) is 15.7. The highest BCUT2D eigenvalue weighted by molar-refractivity contribution is 6.33. The molecule has 2 aromatic carbocycles. The van der Waals surface area contributed by atoms with Crippen LogP contribution in [0.25, 0.3) is 5.57 Å². The number of benzene rings is 2. The van der Waals surface area contributed by atoms with Gasteiger partial charge in [0.2, 0.25) is 0 Å². The molecule has 4 nitrogen and oxygen atoms in total. The van der Waals surface area contributed by atoms with Crippen LogP contribution >= 0.6 is 0 Å². The number of aryl methyl sites for hydroxylation is 1. The summed E-state index contributed by atoms with van der Waals surface area (Å²) >= 11 is 0. The van der Waals surface area contributed by atoms with Gasteiger partial charge in [0.05, 0.1) is 11.3 Å². The number of hydrogen-bond acceptors (Lipinski definition) is 3. The van der Waals surface area contributed by atoms with Crippen LogP contribution in [0.4, 0.5) is 5.69 Å². The van der Waals surface area contributed by atoms with Gasteiger partial charge in [-0.15, -0.1) is 0 Å². The highest BCUT2D eigenvalue weighted by Gasteiger charge is 2.35. The monoisotopic (exact) mass is 292 g/mol. The third-order valence-corrected chi connectivity index (χ3v) is 3.69. The zero-order valence-electron chi connectivity index (χ0n) is 12.5. The number of carbonyl (C=O) groups excluding carboxylic acids is 2. The first-order valence-electron chi connectivity index (χ1n) is 7.04. The van der Waals surface area contributed by atoms with Crippen molar-refractivity contribution in [2.24, 2.45) is 0 Å². The summed E-state index contributed by atoms with van der Waals surface area (Å²) in [5, 5.41) is 2.73. The molecule has 0 aliphatic carbocycles. The molecular weight excluding hydrogens is 276 g/mol. The van der Waals surface area contributed by atoms with Gasteiger partial charge < -0.3 is 0 Å². The van der Waals surface area contributed by atoms with Crippen LogP contribution in [0, 0.1) is 6.92 Å².